The van der Waals surface area contributed by atoms with E-state index >= 15 is 0 Å². The maximum Gasteiger partial charge on any atom is 0.238 e. The van der Waals surface area contributed by atoms with E-state index in [0.29, 0.717) is 34.0 Å². The smallest absolute Gasteiger partial charge is 0.238 e. The molecule has 1 saturated heterocycles. The number of ether oxygens (including phenoxy) is 2. The molecule has 3 aromatic heterocycles. The molecule has 1 aliphatic heterocycles. The van der Waals surface area contributed by atoms with Crippen molar-refractivity contribution in [3.8, 4) is 17.4 Å². The minimum Gasteiger partial charge on any atom is -0.486 e. The molecular weight excluding hydrogens is 406 g/mol. The van der Waals surface area contributed by atoms with Gasteiger partial charge in [0.2, 0.25) is 5.88 Å². The predicted molar refractivity (Wildman–Crippen MR) is 113 cm³/mol. The summed E-state index contributed by atoms with van der Waals surface area (Å²) in [5.74, 6) is 2.79. The standard InChI is InChI=1S/C20H18ClN7O2/c1-28-5-4-18(27-28)26-19-15-6-12(2-3-17(15)24-11-25-19)30-20-16(21)7-13(10-23-20)29-14-8-22-9-14/h2-7,10-11,14,22H,8-9H2,1H3,(H,24,25,26,27). The second kappa shape index (κ2) is 7.77. The SMILES string of the molecule is Cn1ccc(Nc2ncnc3ccc(Oc4ncc(OC5CNC5)cc4Cl)cc23)n1. The van der Waals surface area contributed by atoms with E-state index in [0.717, 1.165) is 24.0 Å². The highest BCUT2D eigenvalue weighted by Gasteiger charge is 2.19. The van der Waals surface area contributed by atoms with Crippen LogP contribution in [0.1, 0.15) is 0 Å². The van der Waals surface area contributed by atoms with Gasteiger partial charge in [-0.25, -0.2) is 15.0 Å². The summed E-state index contributed by atoms with van der Waals surface area (Å²) in [6.45, 7) is 1.65. The van der Waals surface area contributed by atoms with Gasteiger partial charge in [-0.05, 0) is 18.2 Å². The number of rotatable bonds is 6. The second-order valence-electron chi connectivity index (χ2n) is 6.86. The molecule has 9 nitrogen and oxygen atoms in total. The first-order valence-electron chi connectivity index (χ1n) is 9.36. The molecule has 4 heterocycles. The van der Waals surface area contributed by atoms with Crippen LogP contribution >= 0.6 is 11.6 Å². The quantitative estimate of drug-likeness (QED) is 0.487. The van der Waals surface area contributed by atoms with Crippen molar-refractivity contribution in [3.05, 3.63) is 54.1 Å². The molecule has 0 atom stereocenters. The van der Waals surface area contributed by atoms with Gasteiger partial charge in [0, 0.05) is 43.9 Å². The first-order chi connectivity index (χ1) is 14.6. The minimum absolute atomic E-state index is 0.153. The number of nitrogens with zero attached hydrogens (tertiary/aromatic N) is 5. The van der Waals surface area contributed by atoms with Crippen LogP contribution in [0.4, 0.5) is 11.6 Å². The molecule has 0 amide bonds. The molecule has 2 N–H and O–H groups in total. The van der Waals surface area contributed by atoms with Crippen molar-refractivity contribution in [2.45, 2.75) is 6.10 Å². The average Bonchev–Trinajstić information content (AvgIpc) is 3.12. The summed E-state index contributed by atoms with van der Waals surface area (Å²) >= 11 is 6.35. The third kappa shape index (κ3) is 3.85. The van der Waals surface area contributed by atoms with E-state index in [1.807, 2.05) is 37.5 Å². The van der Waals surface area contributed by atoms with Crippen molar-refractivity contribution in [3.63, 3.8) is 0 Å². The van der Waals surface area contributed by atoms with E-state index in [1.165, 1.54) is 6.33 Å². The van der Waals surface area contributed by atoms with E-state index in [4.69, 9.17) is 21.1 Å². The van der Waals surface area contributed by atoms with Gasteiger partial charge in [-0.3, -0.25) is 4.68 Å². The first kappa shape index (κ1) is 18.6. The molecule has 30 heavy (non-hydrogen) atoms. The minimum atomic E-state index is 0.153. The Bertz CT molecular complexity index is 1210. The van der Waals surface area contributed by atoms with Gasteiger partial charge in [0.05, 0.1) is 11.7 Å². The number of aromatic nitrogens is 5. The zero-order valence-electron chi connectivity index (χ0n) is 16.0. The van der Waals surface area contributed by atoms with E-state index in [2.05, 4.69) is 30.7 Å². The highest BCUT2D eigenvalue weighted by Crippen LogP contribution is 2.33. The number of pyridine rings is 1. The predicted octanol–water partition coefficient (Wildman–Crippen LogP) is 3.30. The highest BCUT2D eigenvalue weighted by molar-refractivity contribution is 6.32. The topological polar surface area (TPSA) is 99.0 Å². The molecule has 1 fully saturated rings. The largest absolute Gasteiger partial charge is 0.486 e. The summed E-state index contributed by atoms with van der Waals surface area (Å²) in [4.78, 5) is 12.9. The summed E-state index contributed by atoms with van der Waals surface area (Å²) < 4.78 is 13.4. The van der Waals surface area contributed by atoms with Crippen LogP contribution in [0, 0.1) is 0 Å². The number of hydrogen-bond acceptors (Lipinski definition) is 8. The summed E-state index contributed by atoms with van der Waals surface area (Å²) in [6.07, 6.45) is 5.11. The molecular formula is C20H18ClN7O2. The van der Waals surface area contributed by atoms with Crippen LogP contribution in [-0.4, -0.2) is 43.9 Å². The highest BCUT2D eigenvalue weighted by atomic mass is 35.5. The Morgan fingerprint density at radius 2 is 2.03 bits per heavy atom. The molecule has 1 aromatic carbocycles. The van der Waals surface area contributed by atoms with Crippen LogP contribution in [0.15, 0.2) is 49.1 Å². The number of nitrogens with one attached hydrogen (secondary N) is 2. The van der Waals surface area contributed by atoms with Crippen molar-refractivity contribution in [1.82, 2.24) is 30.0 Å². The molecule has 0 aliphatic carbocycles. The molecule has 0 bridgehead atoms. The van der Waals surface area contributed by atoms with E-state index in [-0.39, 0.29) is 6.10 Å². The zero-order chi connectivity index (χ0) is 20.5. The Balaban J connectivity index is 1.40. The summed E-state index contributed by atoms with van der Waals surface area (Å²) in [5, 5.41) is 11.8. The zero-order valence-corrected chi connectivity index (χ0v) is 16.8. The lowest BCUT2D eigenvalue weighted by molar-refractivity contribution is 0.141. The lowest BCUT2D eigenvalue weighted by Crippen LogP contribution is -2.50. The van der Waals surface area contributed by atoms with Crippen LogP contribution in [-0.2, 0) is 7.05 Å². The van der Waals surface area contributed by atoms with Gasteiger partial charge < -0.3 is 20.1 Å². The Kier molecular flexibility index (Phi) is 4.82. The molecule has 0 radical (unpaired) electrons. The lowest BCUT2D eigenvalue weighted by atomic mass is 10.2. The van der Waals surface area contributed by atoms with Crippen molar-refractivity contribution in [2.75, 3.05) is 18.4 Å². The number of anilines is 2. The van der Waals surface area contributed by atoms with Gasteiger partial charge in [0.25, 0.3) is 0 Å². The van der Waals surface area contributed by atoms with Crippen LogP contribution in [0.25, 0.3) is 10.9 Å². The van der Waals surface area contributed by atoms with Crippen molar-refractivity contribution in [2.24, 2.45) is 7.05 Å². The Morgan fingerprint density at radius 1 is 1.13 bits per heavy atom. The van der Waals surface area contributed by atoms with Crippen molar-refractivity contribution in [1.29, 1.82) is 0 Å². The van der Waals surface area contributed by atoms with Gasteiger partial charge in [0.15, 0.2) is 5.82 Å². The monoisotopic (exact) mass is 423 g/mol. The third-order valence-electron chi connectivity index (χ3n) is 4.61. The molecule has 5 rings (SSSR count). The third-order valence-corrected chi connectivity index (χ3v) is 4.88. The maximum atomic E-state index is 6.35. The molecule has 0 saturated carbocycles. The molecule has 10 heteroatoms. The van der Waals surface area contributed by atoms with E-state index < -0.39 is 0 Å². The Hall–Kier alpha value is -3.43. The van der Waals surface area contributed by atoms with Gasteiger partial charge in [-0.2, -0.15) is 5.10 Å². The number of halogens is 1. The van der Waals surface area contributed by atoms with Crippen molar-refractivity contribution < 1.29 is 9.47 Å². The van der Waals surface area contributed by atoms with Crippen molar-refractivity contribution >= 4 is 34.1 Å². The number of hydrogen-bond donors (Lipinski definition) is 2. The average molecular weight is 424 g/mol. The fraction of sp³-hybridized carbons (Fsp3) is 0.200. The van der Waals surface area contributed by atoms with Crippen LogP contribution in [0.5, 0.6) is 17.4 Å². The molecule has 1 aliphatic rings. The number of benzene rings is 1. The Morgan fingerprint density at radius 3 is 2.77 bits per heavy atom. The normalized spacial score (nSPS) is 13.8. The second-order valence-corrected chi connectivity index (χ2v) is 7.27. The fourth-order valence-electron chi connectivity index (χ4n) is 3.00. The van der Waals surface area contributed by atoms with Crippen LogP contribution in [0.2, 0.25) is 5.02 Å². The maximum absolute atomic E-state index is 6.35. The van der Waals surface area contributed by atoms with Gasteiger partial charge in [-0.1, -0.05) is 11.6 Å². The Labute approximate surface area is 177 Å². The molecule has 4 aromatic rings. The van der Waals surface area contributed by atoms with Crippen LogP contribution < -0.4 is 20.1 Å². The lowest BCUT2D eigenvalue weighted by Gasteiger charge is -2.27. The number of aryl methyl sites for hydroxylation is 1. The fourth-order valence-corrected chi connectivity index (χ4v) is 3.19. The summed E-state index contributed by atoms with van der Waals surface area (Å²) in [6, 6.07) is 9.07. The summed E-state index contributed by atoms with van der Waals surface area (Å²) in [5.41, 5.74) is 0.771. The van der Waals surface area contributed by atoms with Gasteiger partial charge >= 0.3 is 0 Å². The number of fused-ring (bicyclic) bond motifs is 1. The van der Waals surface area contributed by atoms with Crippen LogP contribution in [0.3, 0.4) is 0 Å². The first-order valence-corrected chi connectivity index (χ1v) is 9.74. The van der Waals surface area contributed by atoms with E-state index in [9.17, 15) is 0 Å². The molecule has 152 valence electrons. The summed E-state index contributed by atoms with van der Waals surface area (Å²) in [7, 11) is 1.85. The van der Waals surface area contributed by atoms with E-state index in [1.54, 1.807) is 16.9 Å². The van der Waals surface area contributed by atoms with Gasteiger partial charge in [-0.15, -0.1) is 0 Å². The van der Waals surface area contributed by atoms with Gasteiger partial charge in [0.1, 0.15) is 34.8 Å². The molecule has 0 unspecified atom stereocenters. The molecule has 0 spiro atoms.